The quantitative estimate of drug-likeness (QED) is 0.552. The second-order valence-electron chi connectivity index (χ2n) is 6.70. The molecule has 0 saturated carbocycles. The molecule has 0 saturated heterocycles. The first-order chi connectivity index (χ1) is 13.5. The Morgan fingerprint density at radius 3 is 2.72 bits per heavy atom. The number of benzene rings is 1. The van der Waals surface area contributed by atoms with Crippen molar-refractivity contribution in [1.29, 1.82) is 0 Å². The molecule has 1 aromatic carbocycles. The number of imidazole rings is 1. The molecule has 7 heteroatoms. The summed E-state index contributed by atoms with van der Waals surface area (Å²) in [5.74, 6) is -1.73. The Labute approximate surface area is 169 Å². The van der Waals surface area contributed by atoms with Gasteiger partial charge in [-0.2, -0.15) is 0 Å². The lowest BCUT2D eigenvalue weighted by Gasteiger charge is -2.11. The van der Waals surface area contributed by atoms with Gasteiger partial charge in [-0.3, -0.25) is 9.20 Å². The van der Waals surface area contributed by atoms with E-state index in [4.69, 9.17) is 4.74 Å². The van der Waals surface area contributed by atoms with Crippen LogP contribution in [0.1, 0.15) is 48.9 Å². The van der Waals surface area contributed by atoms with Crippen molar-refractivity contribution in [1.82, 2.24) is 9.38 Å². The molecule has 0 amide bonds. The van der Waals surface area contributed by atoms with Crippen molar-refractivity contribution >= 4 is 11.4 Å². The molecular weight excluding hydrogens is 378 g/mol. The third kappa shape index (κ3) is 4.62. The van der Waals surface area contributed by atoms with Crippen LogP contribution in [0.3, 0.4) is 0 Å². The second-order valence-corrected chi connectivity index (χ2v) is 6.70. The van der Waals surface area contributed by atoms with Crippen molar-refractivity contribution in [2.24, 2.45) is 5.92 Å². The largest absolute Gasteiger partial charge is 0.485 e. The lowest BCUT2D eigenvalue weighted by atomic mass is 9.99. The molecule has 0 aliphatic heterocycles. The van der Waals surface area contributed by atoms with Crippen LogP contribution in [-0.2, 0) is 6.61 Å². The summed E-state index contributed by atoms with van der Waals surface area (Å²) in [6.07, 6.45) is 2.63. The highest BCUT2D eigenvalue weighted by Crippen LogP contribution is 2.25. The standard InChI is InChI=1S/C21H22F2N2O3.CH4/c1-3-14(11-26)10-17(27)20-13(2)24-21-18(8-5-9-25(20)21)28-12-15-6-4-7-16(22)19(15)23;/h4-9,14,26H,3,10-12H2,1-2H3;1H4/t14-;/m0./s1. The fraction of sp³-hybridized carbons (Fsp3) is 0.364. The van der Waals surface area contributed by atoms with Crippen molar-refractivity contribution in [3.8, 4) is 5.75 Å². The Balaban J connectivity index is 0.00000300. The molecular formula is C22H26F2N2O3. The van der Waals surface area contributed by atoms with E-state index in [-0.39, 0.29) is 44.3 Å². The summed E-state index contributed by atoms with van der Waals surface area (Å²) >= 11 is 0. The van der Waals surface area contributed by atoms with E-state index in [1.807, 2.05) is 6.92 Å². The summed E-state index contributed by atoms with van der Waals surface area (Å²) < 4.78 is 34.5. The third-order valence-corrected chi connectivity index (χ3v) is 4.78. The van der Waals surface area contributed by atoms with Crippen LogP contribution >= 0.6 is 0 Å². The molecule has 0 aliphatic carbocycles. The van der Waals surface area contributed by atoms with E-state index in [0.717, 1.165) is 6.07 Å². The summed E-state index contributed by atoms with van der Waals surface area (Å²) in [7, 11) is 0. The van der Waals surface area contributed by atoms with Crippen molar-refractivity contribution in [3.05, 3.63) is 65.1 Å². The van der Waals surface area contributed by atoms with E-state index in [0.29, 0.717) is 29.2 Å². The van der Waals surface area contributed by atoms with Crippen LogP contribution in [0.25, 0.3) is 5.65 Å². The highest BCUT2D eigenvalue weighted by Gasteiger charge is 2.21. The van der Waals surface area contributed by atoms with Crippen LogP contribution in [-0.4, -0.2) is 26.9 Å². The van der Waals surface area contributed by atoms with Gasteiger partial charge in [-0.05, 0) is 31.0 Å². The molecule has 156 valence electrons. The van der Waals surface area contributed by atoms with Gasteiger partial charge in [-0.25, -0.2) is 13.8 Å². The molecule has 1 N–H and O–H groups in total. The van der Waals surface area contributed by atoms with Gasteiger partial charge in [0.15, 0.2) is 28.8 Å². The van der Waals surface area contributed by atoms with Crippen LogP contribution in [0.15, 0.2) is 36.5 Å². The first-order valence-corrected chi connectivity index (χ1v) is 9.13. The molecule has 0 spiro atoms. The minimum Gasteiger partial charge on any atom is -0.485 e. The smallest absolute Gasteiger partial charge is 0.181 e. The number of carbonyl (C=O) groups excluding carboxylic acids is 1. The fourth-order valence-corrected chi connectivity index (χ4v) is 3.12. The third-order valence-electron chi connectivity index (χ3n) is 4.78. The molecule has 3 rings (SSSR count). The highest BCUT2D eigenvalue weighted by atomic mass is 19.2. The van der Waals surface area contributed by atoms with E-state index in [1.54, 1.807) is 29.7 Å². The summed E-state index contributed by atoms with van der Waals surface area (Å²) in [5, 5.41) is 9.37. The Kier molecular flexibility index (Phi) is 7.45. The van der Waals surface area contributed by atoms with Gasteiger partial charge in [0.25, 0.3) is 0 Å². The number of aliphatic hydroxyl groups is 1. The summed E-state index contributed by atoms with van der Waals surface area (Å²) in [5.41, 5.74) is 1.50. The fourth-order valence-electron chi connectivity index (χ4n) is 3.12. The van der Waals surface area contributed by atoms with E-state index in [1.165, 1.54) is 12.1 Å². The molecule has 1 atom stereocenters. The highest BCUT2D eigenvalue weighted by molar-refractivity contribution is 5.96. The maximum atomic E-state index is 13.8. The van der Waals surface area contributed by atoms with Gasteiger partial charge in [0.1, 0.15) is 12.3 Å². The number of fused-ring (bicyclic) bond motifs is 1. The van der Waals surface area contributed by atoms with E-state index >= 15 is 0 Å². The number of aliphatic hydroxyl groups excluding tert-OH is 1. The molecule has 2 heterocycles. The number of ether oxygens (including phenoxy) is 1. The number of aryl methyl sites for hydroxylation is 1. The first kappa shape index (κ1) is 22.5. The van der Waals surface area contributed by atoms with Crippen LogP contribution in [0.2, 0.25) is 0 Å². The molecule has 0 aliphatic rings. The Hall–Kier alpha value is -2.80. The molecule has 0 bridgehead atoms. The number of hydrogen-bond donors (Lipinski definition) is 1. The number of rotatable bonds is 8. The average molecular weight is 404 g/mol. The molecule has 0 fully saturated rings. The van der Waals surface area contributed by atoms with Crippen molar-refractivity contribution in [3.63, 3.8) is 0 Å². The zero-order valence-electron chi connectivity index (χ0n) is 15.8. The topological polar surface area (TPSA) is 63.8 Å². The number of pyridine rings is 1. The maximum Gasteiger partial charge on any atom is 0.181 e. The SMILES string of the molecule is C.CC[C@H](CO)CC(=O)c1c(C)nc2c(OCc3cccc(F)c3F)cccn12. The minimum absolute atomic E-state index is 0. The zero-order chi connectivity index (χ0) is 20.3. The van der Waals surface area contributed by atoms with Crippen molar-refractivity contribution < 1.29 is 23.4 Å². The Morgan fingerprint density at radius 1 is 1.28 bits per heavy atom. The molecule has 29 heavy (non-hydrogen) atoms. The Bertz CT molecular complexity index is 997. The minimum atomic E-state index is -0.945. The Morgan fingerprint density at radius 2 is 2.03 bits per heavy atom. The van der Waals surface area contributed by atoms with Gasteiger partial charge in [0, 0.05) is 24.8 Å². The van der Waals surface area contributed by atoms with E-state index in [9.17, 15) is 18.7 Å². The number of carbonyl (C=O) groups is 1. The molecule has 5 nitrogen and oxygen atoms in total. The molecule has 3 aromatic rings. The van der Waals surface area contributed by atoms with Gasteiger partial charge in [-0.1, -0.05) is 32.9 Å². The van der Waals surface area contributed by atoms with Crippen molar-refractivity contribution in [2.75, 3.05) is 6.61 Å². The lowest BCUT2D eigenvalue weighted by Crippen LogP contribution is -2.14. The average Bonchev–Trinajstić information content (AvgIpc) is 3.03. The number of ketones is 1. The summed E-state index contributed by atoms with van der Waals surface area (Å²) in [6.45, 7) is 3.44. The number of nitrogens with zero attached hydrogens (tertiary/aromatic N) is 2. The number of hydrogen-bond acceptors (Lipinski definition) is 4. The molecule has 2 aromatic heterocycles. The summed E-state index contributed by atoms with van der Waals surface area (Å²) in [4.78, 5) is 17.2. The van der Waals surface area contributed by atoms with Gasteiger partial charge in [-0.15, -0.1) is 0 Å². The van der Waals surface area contributed by atoms with Gasteiger partial charge >= 0.3 is 0 Å². The van der Waals surface area contributed by atoms with E-state index in [2.05, 4.69) is 4.98 Å². The van der Waals surface area contributed by atoms with Crippen LogP contribution in [0, 0.1) is 24.5 Å². The number of Topliss-reactive ketones (excluding diaryl/α,β-unsaturated/α-hetero) is 1. The van der Waals surface area contributed by atoms with Crippen LogP contribution in [0.5, 0.6) is 5.75 Å². The molecule has 0 radical (unpaired) electrons. The van der Waals surface area contributed by atoms with Crippen molar-refractivity contribution in [2.45, 2.75) is 40.7 Å². The second kappa shape index (κ2) is 9.60. The predicted molar refractivity (Wildman–Crippen MR) is 107 cm³/mol. The monoisotopic (exact) mass is 404 g/mol. The lowest BCUT2D eigenvalue weighted by molar-refractivity contribution is 0.0927. The van der Waals surface area contributed by atoms with Crippen LogP contribution < -0.4 is 4.74 Å². The first-order valence-electron chi connectivity index (χ1n) is 9.13. The van der Waals surface area contributed by atoms with E-state index < -0.39 is 11.6 Å². The normalized spacial score (nSPS) is 11.9. The number of aromatic nitrogens is 2. The number of halogens is 2. The van der Waals surface area contributed by atoms with Gasteiger partial charge in [0.2, 0.25) is 0 Å². The van der Waals surface area contributed by atoms with Crippen LogP contribution in [0.4, 0.5) is 8.78 Å². The van der Waals surface area contributed by atoms with Gasteiger partial charge in [0.05, 0.1) is 5.69 Å². The molecule has 0 unspecified atom stereocenters. The predicted octanol–water partition coefficient (Wildman–Crippen LogP) is 4.73. The zero-order valence-corrected chi connectivity index (χ0v) is 15.8. The maximum absolute atomic E-state index is 13.8. The summed E-state index contributed by atoms with van der Waals surface area (Å²) in [6, 6.07) is 7.27. The van der Waals surface area contributed by atoms with Gasteiger partial charge < -0.3 is 9.84 Å².